The van der Waals surface area contributed by atoms with Gasteiger partial charge in [-0.15, -0.1) is 5.10 Å². The first kappa shape index (κ1) is 22.7. The molecule has 1 saturated carbocycles. The molecule has 2 aliphatic rings. The molecule has 2 unspecified atom stereocenters. The number of pyridine rings is 1. The van der Waals surface area contributed by atoms with Gasteiger partial charge in [0, 0.05) is 36.5 Å². The summed E-state index contributed by atoms with van der Waals surface area (Å²) in [6.07, 6.45) is 6.22. The average Bonchev–Trinajstić information content (AvgIpc) is 3.30. The quantitative estimate of drug-likeness (QED) is 0.413. The third-order valence-electron chi connectivity index (χ3n) is 7.07. The van der Waals surface area contributed by atoms with E-state index in [1.54, 1.807) is 27.8 Å². The Labute approximate surface area is 213 Å². The second-order valence-electron chi connectivity index (χ2n) is 9.67. The Morgan fingerprint density at radius 1 is 1.17 bits per heavy atom. The van der Waals surface area contributed by atoms with E-state index in [1.807, 2.05) is 19.9 Å². The number of nitrogens with zero attached hydrogens (tertiary/aromatic N) is 8. The fourth-order valence-corrected chi connectivity index (χ4v) is 5.35. The lowest BCUT2D eigenvalue weighted by molar-refractivity contribution is 0.0951. The molecule has 2 atom stereocenters. The third-order valence-corrected chi connectivity index (χ3v) is 7.29. The number of tetrazole rings is 1. The van der Waals surface area contributed by atoms with Crippen LogP contribution in [0.15, 0.2) is 43.0 Å². The van der Waals surface area contributed by atoms with Crippen LogP contribution >= 0.6 is 11.6 Å². The zero-order valence-corrected chi connectivity index (χ0v) is 20.9. The highest BCUT2D eigenvalue weighted by molar-refractivity contribution is 6.30. The van der Waals surface area contributed by atoms with Crippen molar-refractivity contribution in [3.8, 4) is 5.69 Å². The molecule has 11 heteroatoms. The Balaban J connectivity index is 1.12. The maximum Gasteiger partial charge on any atom is 0.254 e. The van der Waals surface area contributed by atoms with Crippen molar-refractivity contribution in [1.82, 2.24) is 40.3 Å². The Bertz CT molecular complexity index is 1420. The van der Waals surface area contributed by atoms with Gasteiger partial charge in [-0.05, 0) is 77.4 Å². The maximum absolute atomic E-state index is 12.9. The lowest BCUT2D eigenvalue weighted by Gasteiger charge is -2.20. The Morgan fingerprint density at radius 2 is 2.00 bits per heavy atom. The number of aromatic nitrogens is 7. The zero-order chi connectivity index (χ0) is 24.8. The van der Waals surface area contributed by atoms with Gasteiger partial charge in [-0.3, -0.25) is 9.48 Å². The minimum Gasteiger partial charge on any atom is -0.356 e. The standard InChI is InChI=1S/C25H26ClN9O/c1-15-5-22(26)7-18(24(15)35-14-28-31-32-35)8-27-25(36)21-9-29-34(13-21)12-17-3-4-23(30-16(17)2)33-10-19-6-20(19)11-33/h3-5,7,9,13-14,19-20H,6,8,10-12H2,1-2H3,(H,27,36). The molecule has 2 fully saturated rings. The number of carbonyl (C=O) groups is 1. The number of aryl methyl sites for hydroxylation is 2. The summed E-state index contributed by atoms with van der Waals surface area (Å²) >= 11 is 6.27. The van der Waals surface area contributed by atoms with E-state index in [-0.39, 0.29) is 12.5 Å². The number of carbonyl (C=O) groups excluding carboxylic acids is 1. The summed E-state index contributed by atoms with van der Waals surface area (Å²) in [4.78, 5) is 20.1. The van der Waals surface area contributed by atoms with E-state index in [0.29, 0.717) is 17.1 Å². The van der Waals surface area contributed by atoms with Crippen molar-refractivity contribution in [3.63, 3.8) is 0 Å². The number of hydrogen-bond donors (Lipinski definition) is 1. The van der Waals surface area contributed by atoms with Gasteiger partial charge < -0.3 is 10.2 Å². The first-order chi connectivity index (χ1) is 17.4. The predicted octanol–water partition coefficient (Wildman–Crippen LogP) is 2.96. The van der Waals surface area contributed by atoms with E-state index in [4.69, 9.17) is 16.6 Å². The lowest BCUT2D eigenvalue weighted by atomic mass is 10.1. The van der Waals surface area contributed by atoms with Gasteiger partial charge in [-0.2, -0.15) is 9.78 Å². The summed E-state index contributed by atoms with van der Waals surface area (Å²) in [6.45, 7) is 7.02. The summed E-state index contributed by atoms with van der Waals surface area (Å²) in [5.41, 5.74) is 5.06. The summed E-state index contributed by atoms with van der Waals surface area (Å²) in [6, 6.07) is 7.86. The Hall–Kier alpha value is -3.79. The van der Waals surface area contributed by atoms with Crippen LogP contribution in [0.25, 0.3) is 5.69 Å². The topological polar surface area (TPSA) is 107 Å². The van der Waals surface area contributed by atoms with Crippen molar-refractivity contribution in [2.45, 2.75) is 33.4 Å². The zero-order valence-electron chi connectivity index (χ0n) is 20.1. The highest BCUT2D eigenvalue weighted by Crippen LogP contribution is 2.45. The van der Waals surface area contributed by atoms with Gasteiger partial charge in [0.15, 0.2) is 0 Å². The fourth-order valence-electron chi connectivity index (χ4n) is 5.06. The highest BCUT2D eigenvalue weighted by Gasteiger charge is 2.45. The van der Waals surface area contributed by atoms with Gasteiger partial charge in [-0.25, -0.2) is 4.98 Å². The maximum atomic E-state index is 12.9. The van der Waals surface area contributed by atoms with Crippen molar-refractivity contribution in [2.75, 3.05) is 18.0 Å². The molecule has 0 spiro atoms. The van der Waals surface area contributed by atoms with Crippen LogP contribution in [0.3, 0.4) is 0 Å². The molecular weight excluding hydrogens is 478 g/mol. The van der Waals surface area contributed by atoms with E-state index < -0.39 is 0 Å². The van der Waals surface area contributed by atoms with Crippen LogP contribution in [0, 0.1) is 25.7 Å². The van der Waals surface area contributed by atoms with Crippen LogP contribution in [-0.4, -0.2) is 54.0 Å². The molecule has 4 aromatic rings. The van der Waals surface area contributed by atoms with Crippen LogP contribution in [0.1, 0.15) is 39.2 Å². The Kier molecular flexibility index (Phi) is 5.67. The molecule has 184 valence electrons. The molecule has 3 aromatic heterocycles. The van der Waals surface area contributed by atoms with Crippen LogP contribution in [0.2, 0.25) is 5.02 Å². The van der Waals surface area contributed by atoms with Crippen molar-refractivity contribution >= 4 is 23.3 Å². The second-order valence-corrected chi connectivity index (χ2v) is 10.1. The van der Waals surface area contributed by atoms with Crippen molar-refractivity contribution in [1.29, 1.82) is 0 Å². The molecule has 1 saturated heterocycles. The molecule has 0 bridgehead atoms. The van der Waals surface area contributed by atoms with Gasteiger partial charge in [0.2, 0.25) is 0 Å². The number of rotatable bonds is 7. The fraction of sp³-hybridized carbons (Fsp3) is 0.360. The van der Waals surface area contributed by atoms with E-state index in [0.717, 1.165) is 58.8 Å². The number of hydrogen-bond acceptors (Lipinski definition) is 7. The van der Waals surface area contributed by atoms with Crippen LogP contribution < -0.4 is 10.2 Å². The molecule has 36 heavy (non-hydrogen) atoms. The van der Waals surface area contributed by atoms with Crippen LogP contribution in [0.4, 0.5) is 5.82 Å². The molecule has 10 nitrogen and oxygen atoms in total. The van der Waals surface area contributed by atoms with Crippen LogP contribution in [-0.2, 0) is 13.1 Å². The first-order valence-corrected chi connectivity index (χ1v) is 12.4. The minimum atomic E-state index is -0.223. The highest BCUT2D eigenvalue weighted by atomic mass is 35.5. The number of nitrogens with one attached hydrogen (secondary N) is 1. The molecule has 1 aromatic carbocycles. The molecule has 6 rings (SSSR count). The third kappa shape index (κ3) is 4.44. The van der Waals surface area contributed by atoms with Gasteiger partial charge in [0.05, 0.1) is 24.0 Å². The first-order valence-electron chi connectivity index (χ1n) is 12.0. The smallest absolute Gasteiger partial charge is 0.254 e. The lowest BCUT2D eigenvalue weighted by Crippen LogP contribution is -2.23. The van der Waals surface area contributed by atoms with Crippen LogP contribution in [0.5, 0.6) is 0 Å². The monoisotopic (exact) mass is 503 g/mol. The van der Waals surface area contributed by atoms with E-state index >= 15 is 0 Å². The van der Waals surface area contributed by atoms with Crippen molar-refractivity contribution in [2.24, 2.45) is 11.8 Å². The van der Waals surface area contributed by atoms with Gasteiger partial charge in [0.1, 0.15) is 12.1 Å². The molecule has 1 aliphatic carbocycles. The van der Waals surface area contributed by atoms with Crippen molar-refractivity contribution < 1.29 is 4.79 Å². The predicted molar refractivity (Wildman–Crippen MR) is 134 cm³/mol. The number of halogens is 1. The number of benzene rings is 1. The minimum absolute atomic E-state index is 0.223. The normalized spacial score (nSPS) is 18.4. The molecule has 0 radical (unpaired) electrons. The summed E-state index contributed by atoms with van der Waals surface area (Å²) in [5.74, 6) is 2.57. The average molecular weight is 504 g/mol. The molecule has 1 amide bonds. The molecule has 1 aliphatic heterocycles. The van der Waals surface area contributed by atoms with Crippen molar-refractivity contribution in [3.05, 3.63) is 76.0 Å². The van der Waals surface area contributed by atoms with E-state index in [1.165, 1.54) is 12.7 Å². The number of anilines is 1. The summed E-state index contributed by atoms with van der Waals surface area (Å²) in [7, 11) is 0. The SMILES string of the molecule is Cc1cc(Cl)cc(CNC(=O)c2cnn(Cc3ccc(N4CC5CC5C4)nc3C)c2)c1-n1cnnn1. The second kappa shape index (κ2) is 9.02. The van der Waals surface area contributed by atoms with Gasteiger partial charge >= 0.3 is 0 Å². The summed E-state index contributed by atoms with van der Waals surface area (Å²) in [5, 5.41) is 19.3. The van der Waals surface area contributed by atoms with E-state index in [2.05, 4.69) is 43.0 Å². The largest absolute Gasteiger partial charge is 0.356 e. The molecule has 4 heterocycles. The molecular formula is C25H26ClN9O. The number of amides is 1. The number of piperidine rings is 1. The Morgan fingerprint density at radius 3 is 2.75 bits per heavy atom. The van der Waals surface area contributed by atoms with Gasteiger partial charge in [-0.1, -0.05) is 17.7 Å². The molecule has 1 N–H and O–H groups in total. The summed E-state index contributed by atoms with van der Waals surface area (Å²) < 4.78 is 3.33. The van der Waals surface area contributed by atoms with E-state index in [9.17, 15) is 4.79 Å². The van der Waals surface area contributed by atoms with Gasteiger partial charge in [0.25, 0.3) is 5.91 Å². The number of fused-ring (bicyclic) bond motifs is 1.